The SMILES string of the molecule is SCc1ccc(-c2ccc3cc(-c4ccc(-c5ccc6sc7ncccc7c6c5)nc4)ccc3c2)cc1. The van der Waals surface area contributed by atoms with E-state index in [0.29, 0.717) is 0 Å². The molecule has 0 fully saturated rings. The van der Waals surface area contributed by atoms with Gasteiger partial charge in [0.25, 0.3) is 0 Å². The highest BCUT2D eigenvalue weighted by molar-refractivity contribution is 7.79. The molecule has 0 N–H and O–H groups in total. The summed E-state index contributed by atoms with van der Waals surface area (Å²) in [5.74, 6) is 0.759. The lowest BCUT2D eigenvalue weighted by atomic mass is 9.97. The van der Waals surface area contributed by atoms with Gasteiger partial charge in [0.15, 0.2) is 0 Å². The molecule has 0 atom stereocenters. The fourth-order valence-electron chi connectivity index (χ4n) is 4.91. The van der Waals surface area contributed by atoms with Crippen LogP contribution in [0.4, 0.5) is 0 Å². The first-order valence-corrected chi connectivity index (χ1v) is 13.7. The molecule has 0 radical (unpaired) electrons. The molecule has 2 nitrogen and oxygen atoms in total. The fraction of sp³-hybridized carbons (Fsp3) is 0.0303. The van der Waals surface area contributed by atoms with Crippen molar-refractivity contribution in [3.63, 3.8) is 0 Å². The standard InChI is InChI=1S/C33H22N2S2/c36-20-21-3-5-22(6-4-21)23-7-8-25-17-26(10-9-24(25)16-23)28-11-13-31(35-19-28)27-12-14-32-30(18-27)29-2-1-15-34-33(29)37-32/h1-19,36H,20H2. The highest BCUT2D eigenvalue weighted by atomic mass is 32.1. The van der Waals surface area contributed by atoms with Crippen LogP contribution in [0, 0.1) is 0 Å². The minimum Gasteiger partial charge on any atom is -0.256 e. The van der Waals surface area contributed by atoms with Crippen LogP contribution in [0.15, 0.2) is 116 Å². The van der Waals surface area contributed by atoms with Gasteiger partial charge in [0.1, 0.15) is 4.83 Å². The Balaban J connectivity index is 1.19. The summed E-state index contributed by atoms with van der Waals surface area (Å²) in [6, 6.07) is 36.9. The molecular formula is C33H22N2S2. The highest BCUT2D eigenvalue weighted by Gasteiger charge is 2.09. The maximum Gasteiger partial charge on any atom is 0.124 e. The monoisotopic (exact) mass is 510 g/mol. The van der Waals surface area contributed by atoms with Crippen LogP contribution in [0.1, 0.15) is 5.56 Å². The normalized spacial score (nSPS) is 11.5. The molecule has 0 aliphatic heterocycles. The Labute approximate surface area is 224 Å². The summed E-state index contributed by atoms with van der Waals surface area (Å²) in [5.41, 5.74) is 8.06. The summed E-state index contributed by atoms with van der Waals surface area (Å²) in [5, 5.41) is 4.90. The number of rotatable bonds is 4. The Morgan fingerprint density at radius 2 is 1.30 bits per heavy atom. The minimum atomic E-state index is 0.759. The largest absolute Gasteiger partial charge is 0.256 e. The number of hydrogen-bond acceptors (Lipinski definition) is 4. The lowest BCUT2D eigenvalue weighted by molar-refractivity contribution is 1.33. The van der Waals surface area contributed by atoms with Gasteiger partial charge in [0, 0.05) is 44.7 Å². The molecule has 0 aliphatic rings. The van der Waals surface area contributed by atoms with E-state index in [0.717, 1.165) is 27.4 Å². The molecule has 0 amide bonds. The zero-order valence-electron chi connectivity index (χ0n) is 19.9. The number of thiol groups is 1. The third-order valence-corrected chi connectivity index (χ3v) is 8.41. The smallest absolute Gasteiger partial charge is 0.124 e. The second-order valence-corrected chi connectivity index (χ2v) is 10.6. The van der Waals surface area contributed by atoms with Crippen molar-refractivity contribution in [2.24, 2.45) is 0 Å². The first-order chi connectivity index (χ1) is 18.2. The van der Waals surface area contributed by atoms with Crippen LogP contribution in [0.25, 0.3) is 64.6 Å². The molecule has 37 heavy (non-hydrogen) atoms. The van der Waals surface area contributed by atoms with E-state index in [9.17, 15) is 0 Å². The Bertz CT molecular complexity index is 1900. The van der Waals surface area contributed by atoms with Crippen molar-refractivity contribution in [1.29, 1.82) is 0 Å². The van der Waals surface area contributed by atoms with E-state index in [4.69, 9.17) is 4.98 Å². The molecule has 3 heterocycles. The van der Waals surface area contributed by atoms with Crippen LogP contribution in [0.2, 0.25) is 0 Å². The molecule has 0 spiro atoms. The Hall–Kier alpha value is -3.99. The molecule has 3 aromatic heterocycles. The summed E-state index contributed by atoms with van der Waals surface area (Å²) in [4.78, 5) is 10.4. The van der Waals surface area contributed by atoms with Crippen molar-refractivity contribution in [2.45, 2.75) is 5.75 Å². The molecule has 0 saturated heterocycles. The second-order valence-electron chi connectivity index (χ2n) is 9.23. The van der Waals surface area contributed by atoms with E-state index in [1.807, 2.05) is 18.5 Å². The van der Waals surface area contributed by atoms with Crippen LogP contribution in [0.5, 0.6) is 0 Å². The average Bonchev–Trinajstić information content (AvgIpc) is 3.35. The van der Waals surface area contributed by atoms with Crippen molar-refractivity contribution in [3.8, 4) is 33.5 Å². The zero-order chi connectivity index (χ0) is 24.8. The lowest BCUT2D eigenvalue weighted by Crippen LogP contribution is -1.86. The Morgan fingerprint density at radius 3 is 2.03 bits per heavy atom. The number of benzene rings is 4. The van der Waals surface area contributed by atoms with Crippen molar-refractivity contribution >= 4 is 55.0 Å². The van der Waals surface area contributed by atoms with Gasteiger partial charge in [-0.15, -0.1) is 11.3 Å². The molecular weight excluding hydrogens is 489 g/mol. The van der Waals surface area contributed by atoms with Gasteiger partial charge in [-0.05, 0) is 75.5 Å². The number of hydrogen-bond donors (Lipinski definition) is 1. The third kappa shape index (κ3) is 4.08. The van der Waals surface area contributed by atoms with E-state index in [2.05, 4.69) is 115 Å². The van der Waals surface area contributed by atoms with Gasteiger partial charge in [0.2, 0.25) is 0 Å². The quantitative estimate of drug-likeness (QED) is 0.239. The molecule has 0 saturated carbocycles. The molecule has 0 bridgehead atoms. The van der Waals surface area contributed by atoms with E-state index < -0.39 is 0 Å². The number of pyridine rings is 2. The van der Waals surface area contributed by atoms with E-state index in [1.165, 1.54) is 48.5 Å². The fourth-order valence-corrected chi connectivity index (χ4v) is 6.15. The Kier molecular flexibility index (Phi) is 5.49. The minimum absolute atomic E-state index is 0.759. The van der Waals surface area contributed by atoms with Gasteiger partial charge in [0.05, 0.1) is 5.69 Å². The van der Waals surface area contributed by atoms with E-state index in [1.54, 1.807) is 11.3 Å². The molecule has 0 unspecified atom stereocenters. The van der Waals surface area contributed by atoms with Crippen LogP contribution in [-0.4, -0.2) is 9.97 Å². The van der Waals surface area contributed by atoms with Crippen LogP contribution < -0.4 is 0 Å². The number of nitrogens with zero attached hydrogens (tertiary/aromatic N) is 2. The average molecular weight is 511 g/mol. The van der Waals surface area contributed by atoms with Crippen molar-refractivity contribution in [2.75, 3.05) is 0 Å². The van der Waals surface area contributed by atoms with Gasteiger partial charge in [-0.1, -0.05) is 60.7 Å². The van der Waals surface area contributed by atoms with Crippen molar-refractivity contribution in [3.05, 3.63) is 121 Å². The first-order valence-electron chi connectivity index (χ1n) is 12.2. The van der Waals surface area contributed by atoms with Gasteiger partial charge in [-0.25, -0.2) is 4.98 Å². The first kappa shape index (κ1) is 22.2. The predicted molar refractivity (Wildman–Crippen MR) is 161 cm³/mol. The van der Waals surface area contributed by atoms with E-state index >= 15 is 0 Å². The van der Waals surface area contributed by atoms with Gasteiger partial charge >= 0.3 is 0 Å². The summed E-state index contributed by atoms with van der Waals surface area (Å²) in [6.07, 6.45) is 3.83. The zero-order valence-corrected chi connectivity index (χ0v) is 21.6. The van der Waals surface area contributed by atoms with Crippen LogP contribution in [0.3, 0.4) is 0 Å². The lowest BCUT2D eigenvalue weighted by Gasteiger charge is -2.08. The van der Waals surface area contributed by atoms with Gasteiger partial charge < -0.3 is 0 Å². The number of aromatic nitrogens is 2. The molecule has 4 heteroatoms. The Morgan fingerprint density at radius 1 is 0.595 bits per heavy atom. The molecule has 7 rings (SSSR count). The molecule has 0 aliphatic carbocycles. The topological polar surface area (TPSA) is 25.8 Å². The summed E-state index contributed by atoms with van der Waals surface area (Å²) < 4.78 is 1.25. The maximum atomic E-state index is 4.83. The molecule has 7 aromatic rings. The van der Waals surface area contributed by atoms with Gasteiger partial charge in [-0.3, -0.25) is 4.98 Å². The molecule has 4 aromatic carbocycles. The third-order valence-electron chi connectivity index (χ3n) is 6.95. The summed E-state index contributed by atoms with van der Waals surface area (Å²) in [7, 11) is 0. The summed E-state index contributed by atoms with van der Waals surface area (Å²) in [6.45, 7) is 0. The van der Waals surface area contributed by atoms with Crippen molar-refractivity contribution in [1.82, 2.24) is 9.97 Å². The second kappa shape index (κ2) is 9.15. The highest BCUT2D eigenvalue weighted by Crippen LogP contribution is 2.35. The van der Waals surface area contributed by atoms with Crippen molar-refractivity contribution < 1.29 is 0 Å². The predicted octanol–water partition coefficient (Wildman–Crippen LogP) is 9.43. The number of thiophene rings is 1. The van der Waals surface area contributed by atoms with Crippen LogP contribution >= 0.6 is 24.0 Å². The molecule has 176 valence electrons. The summed E-state index contributed by atoms with van der Waals surface area (Å²) >= 11 is 6.09. The maximum absolute atomic E-state index is 4.83. The number of fused-ring (bicyclic) bond motifs is 4. The van der Waals surface area contributed by atoms with Gasteiger partial charge in [-0.2, -0.15) is 12.6 Å². The van der Waals surface area contributed by atoms with E-state index in [-0.39, 0.29) is 0 Å². The van der Waals surface area contributed by atoms with Crippen LogP contribution in [-0.2, 0) is 5.75 Å².